The van der Waals surface area contributed by atoms with Crippen molar-refractivity contribution in [1.29, 1.82) is 0 Å². The third-order valence-corrected chi connectivity index (χ3v) is 3.06. The standard InChI is InChI=1S/C16H17FN2O2/c1-21-15-8-2-11(10-14(15)18)3-9-16(20)19-13-6-4-12(17)5-7-13/h2,4-8,10H,3,9,18H2,1H3,(H,19,20). The molecule has 0 atom stereocenters. The molecule has 2 aromatic rings. The Labute approximate surface area is 122 Å². The summed E-state index contributed by atoms with van der Waals surface area (Å²) in [5.74, 6) is 0.159. The minimum atomic E-state index is -0.332. The molecule has 0 aliphatic heterocycles. The number of hydrogen-bond acceptors (Lipinski definition) is 3. The molecule has 0 saturated carbocycles. The van der Waals surface area contributed by atoms with E-state index in [9.17, 15) is 9.18 Å². The van der Waals surface area contributed by atoms with Gasteiger partial charge in [-0.3, -0.25) is 4.79 Å². The van der Waals surface area contributed by atoms with Crippen LogP contribution in [0, 0.1) is 5.82 Å². The number of nitrogen functional groups attached to an aromatic ring is 1. The zero-order valence-corrected chi connectivity index (χ0v) is 11.7. The maximum atomic E-state index is 12.8. The van der Waals surface area contributed by atoms with Crippen LogP contribution in [0.15, 0.2) is 42.5 Å². The van der Waals surface area contributed by atoms with Crippen LogP contribution >= 0.6 is 0 Å². The predicted molar refractivity (Wildman–Crippen MR) is 80.8 cm³/mol. The van der Waals surface area contributed by atoms with Crippen LogP contribution in [0.2, 0.25) is 0 Å². The van der Waals surface area contributed by atoms with E-state index in [0.717, 1.165) is 5.56 Å². The first-order valence-corrected chi connectivity index (χ1v) is 6.56. The van der Waals surface area contributed by atoms with E-state index < -0.39 is 0 Å². The molecular weight excluding hydrogens is 271 g/mol. The molecule has 2 aromatic carbocycles. The Balaban J connectivity index is 1.89. The van der Waals surface area contributed by atoms with Crippen molar-refractivity contribution in [1.82, 2.24) is 0 Å². The molecule has 1 amide bonds. The molecule has 4 nitrogen and oxygen atoms in total. The molecule has 0 aromatic heterocycles. The van der Waals surface area contributed by atoms with Gasteiger partial charge >= 0.3 is 0 Å². The highest BCUT2D eigenvalue weighted by Crippen LogP contribution is 2.22. The van der Waals surface area contributed by atoms with Gasteiger partial charge in [-0.25, -0.2) is 4.39 Å². The molecule has 5 heteroatoms. The van der Waals surface area contributed by atoms with Crippen LogP contribution in [0.1, 0.15) is 12.0 Å². The Morgan fingerprint density at radius 1 is 1.24 bits per heavy atom. The minimum absolute atomic E-state index is 0.129. The largest absolute Gasteiger partial charge is 0.495 e. The van der Waals surface area contributed by atoms with Crippen molar-refractivity contribution in [3.05, 3.63) is 53.8 Å². The lowest BCUT2D eigenvalue weighted by atomic mass is 10.1. The molecule has 0 bridgehead atoms. The molecule has 2 rings (SSSR count). The second-order valence-electron chi connectivity index (χ2n) is 4.63. The first kappa shape index (κ1) is 14.8. The Kier molecular flexibility index (Phi) is 4.77. The van der Waals surface area contributed by atoms with E-state index in [4.69, 9.17) is 10.5 Å². The smallest absolute Gasteiger partial charge is 0.224 e. The van der Waals surface area contributed by atoms with Crippen LogP contribution in [0.3, 0.4) is 0 Å². The number of carbonyl (C=O) groups excluding carboxylic acids is 1. The third kappa shape index (κ3) is 4.21. The fourth-order valence-electron chi connectivity index (χ4n) is 1.95. The average molecular weight is 288 g/mol. The van der Waals surface area contributed by atoms with Gasteiger partial charge in [0.15, 0.2) is 0 Å². The van der Waals surface area contributed by atoms with E-state index in [1.165, 1.54) is 24.3 Å². The summed E-state index contributed by atoms with van der Waals surface area (Å²) in [5.41, 5.74) is 7.90. The monoisotopic (exact) mass is 288 g/mol. The summed E-state index contributed by atoms with van der Waals surface area (Å²) in [5, 5.41) is 2.72. The Morgan fingerprint density at radius 2 is 1.95 bits per heavy atom. The number of nitrogens with two attached hydrogens (primary N) is 1. The zero-order valence-electron chi connectivity index (χ0n) is 11.7. The van der Waals surface area contributed by atoms with E-state index in [2.05, 4.69) is 5.32 Å². The van der Waals surface area contributed by atoms with Crippen LogP contribution in [-0.2, 0) is 11.2 Å². The summed E-state index contributed by atoms with van der Waals surface area (Å²) in [6.45, 7) is 0. The molecule has 0 aliphatic carbocycles. The first-order valence-electron chi connectivity index (χ1n) is 6.56. The summed E-state index contributed by atoms with van der Waals surface area (Å²) in [6, 6.07) is 11.1. The van der Waals surface area contributed by atoms with Gasteiger partial charge < -0.3 is 15.8 Å². The highest BCUT2D eigenvalue weighted by molar-refractivity contribution is 5.90. The number of rotatable bonds is 5. The minimum Gasteiger partial charge on any atom is -0.495 e. The second-order valence-corrected chi connectivity index (χ2v) is 4.63. The fraction of sp³-hybridized carbons (Fsp3) is 0.188. The average Bonchev–Trinajstić information content (AvgIpc) is 2.48. The van der Waals surface area contributed by atoms with Gasteiger partial charge in [0.2, 0.25) is 5.91 Å². The molecule has 0 heterocycles. The molecule has 0 unspecified atom stereocenters. The molecule has 0 spiro atoms. The lowest BCUT2D eigenvalue weighted by Crippen LogP contribution is -2.12. The van der Waals surface area contributed by atoms with Gasteiger partial charge in [-0.05, 0) is 48.4 Å². The predicted octanol–water partition coefficient (Wildman–Crippen LogP) is 2.99. The van der Waals surface area contributed by atoms with Crippen LogP contribution in [0.4, 0.5) is 15.8 Å². The van der Waals surface area contributed by atoms with Gasteiger partial charge in [0.1, 0.15) is 11.6 Å². The number of aryl methyl sites for hydroxylation is 1. The molecule has 21 heavy (non-hydrogen) atoms. The van der Waals surface area contributed by atoms with Crippen molar-refractivity contribution >= 4 is 17.3 Å². The number of carbonyl (C=O) groups is 1. The molecule has 0 fully saturated rings. The number of benzene rings is 2. The van der Waals surface area contributed by atoms with E-state index in [-0.39, 0.29) is 11.7 Å². The van der Waals surface area contributed by atoms with Crippen molar-refractivity contribution in [3.63, 3.8) is 0 Å². The molecule has 0 radical (unpaired) electrons. The molecular formula is C16H17FN2O2. The highest BCUT2D eigenvalue weighted by Gasteiger charge is 2.05. The van der Waals surface area contributed by atoms with Crippen molar-refractivity contribution < 1.29 is 13.9 Å². The maximum absolute atomic E-state index is 12.8. The van der Waals surface area contributed by atoms with Gasteiger partial charge in [-0.15, -0.1) is 0 Å². The van der Waals surface area contributed by atoms with Crippen molar-refractivity contribution in [2.24, 2.45) is 0 Å². The van der Waals surface area contributed by atoms with Gasteiger partial charge in [-0.2, -0.15) is 0 Å². The van der Waals surface area contributed by atoms with Crippen molar-refractivity contribution in [2.75, 3.05) is 18.2 Å². The number of amides is 1. The van der Waals surface area contributed by atoms with Gasteiger partial charge in [0.05, 0.1) is 12.8 Å². The molecule has 3 N–H and O–H groups in total. The molecule has 110 valence electrons. The summed E-state index contributed by atoms with van der Waals surface area (Å²) in [4.78, 5) is 11.8. The quantitative estimate of drug-likeness (QED) is 0.831. The lowest BCUT2D eigenvalue weighted by molar-refractivity contribution is -0.116. The van der Waals surface area contributed by atoms with E-state index >= 15 is 0 Å². The number of hydrogen-bond donors (Lipinski definition) is 2. The number of nitrogens with one attached hydrogen (secondary N) is 1. The van der Waals surface area contributed by atoms with Gasteiger partial charge in [0.25, 0.3) is 0 Å². The van der Waals surface area contributed by atoms with E-state index in [1.807, 2.05) is 6.07 Å². The molecule has 0 aliphatic rings. The Bertz CT molecular complexity index is 627. The zero-order chi connectivity index (χ0) is 15.2. The third-order valence-electron chi connectivity index (χ3n) is 3.06. The van der Waals surface area contributed by atoms with Crippen LogP contribution in [0.25, 0.3) is 0 Å². The number of halogens is 1. The number of anilines is 2. The fourth-order valence-corrected chi connectivity index (χ4v) is 1.95. The lowest BCUT2D eigenvalue weighted by Gasteiger charge is -2.08. The maximum Gasteiger partial charge on any atom is 0.224 e. The topological polar surface area (TPSA) is 64.3 Å². The Morgan fingerprint density at radius 3 is 2.57 bits per heavy atom. The van der Waals surface area contributed by atoms with E-state index in [1.54, 1.807) is 19.2 Å². The molecule has 0 saturated heterocycles. The first-order chi connectivity index (χ1) is 10.1. The summed E-state index contributed by atoms with van der Waals surface area (Å²) >= 11 is 0. The van der Waals surface area contributed by atoms with Crippen LogP contribution in [-0.4, -0.2) is 13.0 Å². The number of methoxy groups -OCH3 is 1. The van der Waals surface area contributed by atoms with Crippen molar-refractivity contribution in [2.45, 2.75) is 12.8 Å². The number of ether oxygens (including phenoxy) is 1. The summed E-state index contributed by atoms with van der Waals surface area (Å²) < 4.78 is 17.8. The second kappa shape index (κ2) is 6.74. The SMILES string of the molecule is COc1ccc(CCC(=O)Nc2ccc(F)cc2)cc1N. The Hall–Kier alpha value is -2.56. The highest BCUT2D eigenvalue weighted by atomic mass is 19.1. The summed E-state index contributed by atoms with van der Waals surface area (Å²) in [7, 11) is 1.56. The van der Waals surface area contributed by atoms with Crippen molar-refractivity contribution in [3.8, 4) is 5.75 Å². The van der Waals surface area contributed by atoms with Gasteiger partial charge in [-0.1, -0.05) is 6.07 Å². The normalized spacial score (nSPS) is 10.2. The van der Waals surface area contributed by atoms with E-state index in [0.29, 0.717) is 30.0 Å². The van der Waals surface area contributed by atoms with Crippen LogP contribution < -0.4 is 15.8 Å². The van der Waals surface area contributed by atoms with Crippen LogP contribution in [0.5, 0.6) is 5.75 Å². The van der Waals surface area contributed by atoms with Gasteiger partial charge in [0, 0.05) is 12.1 Å². The summed E-state index contributed by atoms with van der Waals surface area (Å²) in [6.07, 6.45) is 0.893.